The molecule has 132 valence electrons. The largest absolute Gasteiger partial charge is 0.346 e. The lowest BCUT2D eigenvalue weighted by atomic mass is 10.2. The van der Waals surface area contributed by atoms with E-state index in [0.717, 1.165) is 43.4 Å². The molecule has 2 aromatic rings. The quantitative estimate of drug-likeness (QED) is 0.699. The first-order chi connectivity index (χ1) is 12.0. The van der Waals surface area contributed by atoms with Gasteiger partial charge in [0.15, 0.2) is 5.11 Å². The summed E-state index contributed by atoms with van der Waals surface area (Å²) in [5, 5.41) is 5.85. The molecule has 1 N–H and O–H groups in total. The third-order valence-corrected chi connectivity index (χ3v) is 5.31. The molecule has 3 nitrogen and oxygen atoms in total. The predicted molar refractivity (Wildman–Crippen MR) is 111 cm³/mol. The van der Waals surface area contributed by atoms with E-state index in [4.69, 9.17) is 47.0 Å². The fourth-order valence-electron chi connectivity index (χ4n) is 2.74. The molecule has 0 aliphatic carbocycles. The molecule has 1 aliphatic rings. The third-order valence-electron chi connectivity index (χ3n) is 4.15. The molecule has 3 rings (SSSR count). The van der Waals surface area contributed by atoms with Crippen molar-refractivity contribution < 1.29 is 0 Å². The Hall–Kier alpha value is -1.04. The number of nitrogens with one attached hydrogen (secondary N) is 1. The molecule has 0 atom stereocenters. The molecule has 1 heterocycles. The highest BCUT2D eigenvalue weighted by Gasteiger charge is 2.19. The van der Waals surface area contributed by atoms with E-state index in [1.54, 1.807) is 12.1 Å². The fourth-order valence-corrected chi connectivity index (χ4v) is 3.62. The van der Waals surface area contributed by atoms with Crippen LogP contribution in [0.2, 0.25) is 15.1 Å². The van der Waals surface area contributed by atoms with Gasteiger partial charge < -0.3 is 10.2 Å². The maximum absolute atomic E-state index is 6.19. The molecule has 1 aliphatic heterocycles. The van der Waals surface area contributed by atoms with Gasteiger partial charge in [-0.15, -0.1) is 0 Å². The van der Waals surface area contributed by atoms with Crippen LogP contribution in [0.25, 0.3) is 0 Å². The summed E-state index contributed by atoms with van der Waals surface area (Å²) < 4.78 is 0. The van der Waals surface area contributed by atoms with Gasteiger partial charge in [-0.05, 0) is 48.1 Å². The molecule has 0 amide bonds. The Balaban J connectivity index is 1.51. The molecular formula is C18H18Cl3N3S. The number of rotatable bonds is 3. The van der Waals surface area contributed by atoms with Crippen molar-refractivity contribution in [1.82, 2.24) is 9.80 Å². The van der Waals surface area contributed by atoms with Gasteiger partial charge in [-0.25, -0.2) is 0 Å². The zero-order valence-electron chi connectivity index (χ0n) is 13.5. The summed E-state index contributed by atoms with van der Waals surface area (Å²) in [5.74, 6) is 0. The first-order valence-corrected chi connectivity index (χ1v) is 9.53. The number of halogens is 3. The Morgan fingerprint density at radius 3 is 2.20 bits per heavy atom. The summed E-state index contributed by atoms with van der Waals surface area (Å²) in [4.78, 5) is 4.58. The fraction of sp³-hybridized carbons (Fsp3) is 0.278. The van der Waals surface area contributed by atoms with Crippen LogP contribution in [0.15, 0.2) is 42.5 Å². The number of benzene rings is 2. The van der Waals surface area contributed by atoms with Crippen LogP contribution in [0.1, 0.15) is 5.56 Å². The number of hydrogen-bond donors (Lipinski definition) is 1. The normalized spacial score (nSPS) is 15.2. The average molecular weight is 415 g/mol. The number of nitrogens with zero attached hydrogens (tertiary/aromatic N) is 2. The summed E-state index contributed by atoms with van der Waals surface area (Å²) in [6.45, 7) is 4.60. The molecule has 1 saturated heterocycles. The van der Waals surface area contributed by atoms with E-state index in [-0.39, 0.29) is 0 Å². The Morgan fingerprint density at radius 1 is 0.920 bits per heavy atom. The molecule has 0 aromatic heterocycles. The summed E-state index contributed by atoms with van der Waals surface area (Å²) in [6, 6.07) is 13.4. The highest BCUT2D eigenvalue weighted by Crippen LogP contribution is 2.25. The average Bonchev–Trinajstić information content (AvgIpc) is 2.60. The number of piperazine rings is 1. The smallest absolute Gasteiger partial charge is 0.173 e. The van der Waals surface area contributed by atoms with E-state index in [1.807, 2.05) is 18.2 Å². The summed E-state index contributed by atoms with van der Waals surface area (Å²) in [5.41, 5.74) is 2.05. The van der Waals surface area contributed by atoms with Crippen LogP contribution < -0.4 is 5.32 Å². The van der Waals surface area contributed by atoms with Gasteiger partial charge in [-0.3, -0.25) is 4.90 Å². The van der Waals surface area contributed by atoms with Crippen LogP contribution in [0, 0.1) is 0 Å². The Labute approximate surface area is 168 Å². The molecule has 2 aromatic carbocycles. The molecule has 7 heteroatoms. The molecule has 25 heavy (non-hydrogen) atoms. The zero-order valence-corrected chi connectivity index (χ0v) is 16.6. The number of hydrogen-bond acceptors (Lipinski definition) is 2. The van der Waals surface area contributed by atoms with Crippen molar-refractivity contribution in [2.24, 2.45) is 0 Å². The Morgan fingerprint density at radius 2 is 1.56 bits per heavy atom. The third kappa shape index (κ3) is 5.22. The highest BCUT2D eigenvalue weighted by atomic mass is 35.5. The van der Waals surface area contributed by atoms with E-state index in [2.05, 4.69) is 27.2 Å². The van der Waals surface area contributed by atoms with Crippen LogP contribution in [0.3, 0.4) is 0 Å². The van der Waals surface area contributed by atoms with E-state index >= 15 is 0 Å². The molecule has 1 fully saturated rings. The van der Waals surface area contributed by atoms with Crippen molar-refractivity contribution >= 4 is 57.8 Å². The minimum Gasteiger partial charge on any atom is -0.346 e. The van der Waals surface area contributed by atoms with Gasteiger partial charge in [-0.1, -0.05) is 46.9 Å². The molecular weight excluding hydrogens is 397 g/mol. The van der Waals surface area contributed by atoms with Crippen LogP contribution in [-0.2, 0) is 6.54 Å². The lowest BCUT2D eigenvalue weighted by Crippen LogP contribution is -2.49. The van der Waals surface area contributed by atoms with E-state index < -0.39 is 0 Å². The Kier molecular flexibility index (Phi) is 6.42. The van der Waals surface area contributed by atoms with E-state index in [0.29, 0.717) is 15.2 Å². The topological polar surface area (TPSA) is 18.5 Å². The van der Waals surface area contributed by atoms with E-state index in [9.17, 15) is 0 Å². The molecule has 0 unspecified atom stereocenters. The summed E-state index contributed by atoms with van der Waals surface area (Å²) >= 11 is 23.6. The van der Waals surface area contributed by atoms with E-state index in [1.165, 1.54) is 5.56 Å². The molecule has 0 saturated carbocycles. The zero-order chi connectivity index (χ0) is 17.8. The lowest BCUT2D eigenvalue weighted by Gasteiger charge is -2.36. The van der Waals surface area contributed by atoms with Gasteiger partial charge in [0.1, 0.15) is 0 Å². The van der Waals surface area contributed by atoms with Gasteiger partial charge >= 0.3 is 0 Å². The standard InChI is InChI=1S/C18H18Cl3N3S/c19-14-3-1-13(2-4-14)12-23-7-9-24(10-8-23)18(25)22-17-6-5-15(20)11-16(17)21/h1-6,11H,7-10,12H2,(H,22,25). The maximum atomic E-state index is 6.19. The van der Waals surface area contributed by atoms with Crippen molar-refractivity contribution in [2.45, 2.75) is 6.54 Å². The lowest BCUT2D eigenvalue weighted by molar-refractivity contribution is 0.177. The number of anilines is 1. The maximum Gasteiger partial charge on any atom is 0.173 e. The first kappa shape index (κ1) is 18.7. The summed E-state index contributed by atoms with van der Waals surface area (Å²) in [7, 11) is 0. The van der Waals surface area contributed by atoms with Crippen LogP contribution in [0.4, 0.5) is 5.69 Å². The first-order valence-electron chi connectivity index (χ1n) is 7.99. The van der Waals surface area contributed by atoms with Gasteiger partial charge in [0.05, 0.1) is 10.7 Å². The second kappa shape index (κ2) is 8.56. The highest BCUT2D eigenvalue weighted by molar-refractivity contribution is 7.80. The van der Waals surface area contributed by atoms with Crippen LogP contribution in [-0.4, -0.2) is 41.1 Å². The molecule has 0 radical (unpaired) electrons. The molecule has 0 bridgehead atoms. The Bertz CT molecular complexity index is 744. The van der Waals surface area contributed by atoms with Crippen molar-refractivity contribution in [1.29, 1.82) is 0 Å². The minimum absolute atomic E-state index is 0.566. The van der Waals surface area contributed by atoms with Crippen molar-refractivity contribution in [3.8, 4) is 0 Å². The number of thiocarbonyl (C=S) groups is 1. The van der Waals surface area contributed by atoms with Crippen molar-refractivity contribution in [3.63, 3.8) is 0 Å². The van der Waals surface area contributed by atoms with Gasteiger partial charge in [0, 0.05) is 42.8 Å². The predicted octanol–water partition coefficient (Wildman–Crippen LogP) is 5.16. The molecule has 0 spiro atoms. The summed E-state index contributed by atoms with van der Waals surface area (Å²) in [6.07, 6.45) is 0. The SMILES string of the molecule is S=C(Nc1ccc(Cl)cc1Cl)N1CCN(Cc2ccc(Cl)cc2)CC1. The van der Waals surface area contributed by atoms with Crippen molar-refractivity contribution in [3.05, 3.63) is 63.1 Å². The van der Waals surface area contributed by atoms with Crippen LogP contribution in [0.5, 0.6) is 0 Å². The second-order valence-electron chi connectivity index (χ2n) is 5.94. The minimum atomic E-state index is 0.566. The van der Waals surface area contributed by atoms with Gasteiger partial charge in [0.2, 0.25) is 0 Å². The monoisotopic (exact) mass is 413 g/mol. The van der Waals surface area contributed by atoms with Gasteiger partial charge in [0.25, 0.3) is 0 Å². The van der Waals surface area contributed by atoms with Gasteiger partial charge in [-0.2, -0.15) is 0 Å². The second-order valence-corrected chi connectivity index (χ2v) is 7.61. The van der Waals surface area contributed by atoms with Crippen molar-refractivity contribution in [2.75, 3.05) is 31.5 Å². The van der Waals surface area contributed by atoms with Crippen LogP contribution >= 0.6 is 47.0 Å².